The zero-order valence-electron chi connectivity index (χ0n) is 8.75. The molecule has 0 aliphatic rings. The Morgan fingerprint density at radius 1 is 1.57 bits per heavy atom. The Balaban J connectivity index is 2.99. The number of carbonyl (C=O) groups excluding carboxylic acids is 1. The Kier molecular flexibility index (Phi) is 3.75. The van der Waals surface area contributed by atoms with Gasteiger partial charge in [0, 0.05) is 30.8 Å². The molecular weight excluding hydrogens is 244 g/mol. The lowest BCUT2D eigenvalue weighted by molar-refractivity contribution is 0.0792. The Hall–Kier alpha value is -0.770. The lowest BCUT2D eigenvalue weighted by atomic mass is 10.3. The smallest absolute Gasteiger partial charge is 0.270 e. The monoisotopic (exact) mass is 258 g/mol. The number of halogens is 1. The molecule has 1 rings (SSSR count). The van der Waals surface area contributed by atoms with Gasteiger partial charge < -0.3 is 9.47 Å². The third-order valence-corrected chi connectivity index (χ3v) is 2.68. The summed E-state index contributed by atoms with van der Waals surface area (Å²) in [6.07, 6.45) is 1.93. The van der Waals surface area contributed by atoms with Crippen LogP contribution in [0.4, 0.5) is 0 Å². The quantitative estimate of drug-likeness (QED) is 0.818. The molecule has 0 fully saturated rings. The Labute approximate surface area is 92.8 Å². The molecule has 0 unspecified atom stereocenters. The molecule has 0 saturated carbocycles. The van der Waals surface area contributed by atoms with Crippen molar-refractivity contribution in [1.82, 2.24) is 9.47 Å². The molecule has 0 aromatic carbocycles. The highest BCUT2D eigenvalue weighted by Gasteiger charge is 2.14. The lowest BCUT2D eigenvalue weighted by Gasteiger charge is -2.15. The minimum absolute atomic E-state index is 0.0695. The topological polar surface area (TPSA) is 25.2 Å². The first-order chi connectivity index (χ1) is 6.60. The third kappa shape index (κ3) is 2.18. The molecule has 0 spiro atoms. The van der Waals surface area contributed by atoms with E-state index in [9.17, 15) is 4.79 Å². The van der Waals surface area contributed by atoms with Crippen molar-refractivity contribution in [2.24, 2.45) is 0 Å². The van der Waals surface area contributed by atoms with Crippen LogP contribution in [0.2, 0.25) is 0 Å². The second-order valence-electron chi connectivity index (χ2n) is 3.15. The fraction of sp³-hybridized carbons (Fsp3) is 0.500. The number of hydrogen-bond acceptors (Lipinski definition) is 1. The van der Waals surface area contributed by atoms with Crippen LogP contribution in [0.15, 0.2) is 16.7 Å². The summed E-state index contributed by atoms with van der Waals surface area (Å²) in [5, 5.41) is 0. The van der Waals surface area contributed by atoms with Crippen LogP contribution < -0.4 is 0 Å². The van der Waals surface area contributed by atoms with E-state index in [1.807, 2.05) is 37.7 Å². The first kappa shape index (κ1) is 11.3. The zero-order chi connectivity index (χ0) is 10.7. The second kappa shape index (κ2) is 4.64. The van der Waals surface area contributed by atoms with Gasteiger partial charge in [-0.2, -0.15) is 0 Å². The zero-order valence-corrected chi connectivity index (χ0v) is 10.3. The third-order valence-electron chi connectivity index (χ3n) is 2.24. The molecule has 1 heterocycles. The molecule has 14 heavy (non-hydrogen) atoms. The number of carbonyl (C=O) groups is 1. The van der Waals surface area contributed by atoms with E-state index in [0.717, 1.165) is 23.3 Å². The van der Waals surface area contributed by atoms with E-state index in [1.165, 1.54) is 0 Å². The van der Waals surface area contributed by atoms with E-state index in [4.69, 9.17) is 0 Å². The van der Waals surface area contributed by atoms with Gasteiger partial charge in [-0.25, -0.2) is 0 Å². The standard InChI is InChI=1S/C10H15BrN2O/c1-4-12(3)10(14)9-6-8(11)7-13(9)5-2/h6-7H,4-5H2,1-3H3. The van der Waals surface area contributed by atoms with Crippen LogP contribution in [0.5, 0.6) is 0 Å². The summed E-state index contributed by atoms with van der Waals surface area (Å²) in [4.78, 5) is 13.6. The van der Waals surface area contributed by atoms with Gasteiger partial charge in [-0.1, -0.05) is 0 Å². The summed E-state index contributed by atoms with van der Waals surface area (Å²) < 4.78 is 2.89. The fourth-order valence-electron chi connectivity index (χ4n) is 1.25. The van der Waals surface area contributed by atoms with Crippen molar-refractivity contribution in [3.63, 3.8) is 0 Å². The second-order valence-corrected chi connectivity index (χ2v) is 4.06. The van der Waals surface area contributed by atoms with Gasteiger partial charge in [0.2, 0.25) is 0 Å². The van der Waals surface area contributed by atoms with Gasteiger partial charge in [0.15, 0.2) is 0 Å². The number of amides is 1. The minimum atomic E-state index is 0.0695. The summed E-state index contributed by atoms with van der Waals surface area (Å²) in [7, 11) is 1.81. The molecule has 0 radical (unpaired) electrons. The Bertz CT molecular complexity index is 333. The van der Waals surface area contributed by atoms with Crippen molar-refractivity contribution in [3.8, 4) is 0 Å². The largest absolute Gasteiger partial charge is 0.343 e. The average molecular weight is 259 g/mol. The van der Waals surface area contributed by atoms with Crippen LogP contribution in [-0.2, 0) is 6.54 Å². The van der Waals surface area contributed by atoms with Gasteiger partial charge in [-0.05, 0) is 35.8 Å². The number of rotatable bonds is 3. The molecule has 0 aliphatic carbocycles. The van der Waals surface area contributed by atoms with Crippen LogP contribution in [0.1, 0.15) is 24.3 Å². The normalized spacial score (nSPS) is 10.3. The van der Waals surface area contributed by atoms with Crippen LogP contribution in [0.25, 0.3) is 0 Å². The summed E-state index contributed by atoms with van der Waals surface area (Å²) in [5.74, 6) is 0.0695. The minimum Gasteiger partial charge on any atom is -0.343 e. The van der Waals surface area contributed by atoms with E-state index in [1.54, 1.807) is 4.90 Å². The molecule has 78 valence electrons. The first-order valence-corrected chi connectivity index (χ1v) is 5.50. The molecule has 0 aliphatic heterocycles. The van der Waals surface area contributed by atoms with Gasteiger partial charge in [-0.3, -0.25) is 4.79 Å². The van der Waals surface area contributed by atoms with Crippen molar-refractivity contribution >= 4 is 21.8 Å². The average Bonchev–Trinajstić information content (AvgIpc) is 2.57. The summed E-state index contributed by atoms with van der Waals surface area (Å²) in [6, 6.07) is 1.86. The van der Waals surface area contributed by atoms with Gasteiger partial charge in [0.25, 0.3) is 5.91 Å². The lowest BCUT2D eigenvalue weighted by Crippen LogP contribution is -2.28. The maximum Gasteiger partial charge on any atom is 0.270 e. The maximum atomic E-state index is 11.9. The number of aromatic nitrogens is 1. The highest BCUT2D eigenvalue weighted by Crippen LogP contribution is 2.16. The van der Waals surface area contributed by atoms with Crippen LogP contribution in [-0.4, -0.2) is 29.0 Å². The number of hydrogen-bond donors (Lipinski definition) is 0. The van der Waals surface area contributed by atoms with Gasteiger partial charge in [0.05, 0.1) is 0 Å². The van der Waals surface area contributed by atoms with E-state index in [-0.39, 0.29) is 5.91 Å². The van der Waals surface area contributed by atoms with Crippen molar-refractivity contribution in [1.29, 1.82) is 0 Å². The maximum absolute atomic E-state index is 11.9. The van der Waals surface area contributed by atoms with Crippen LogP contribution >= 0.6 is 15.9 Å². The molecule has 3 nitrogen and oxygen atoms in total. The molecule has 1 aromatic heterocycles. The highest BCUT2D eigenvalue weighted by atomic mass is 79.9. The molecule has 0 bridgehead atoms. The molecule has 4 heteroatoms. The van der Waals surface area contributed by atoms with Gasteiger partial charge in [0.1, 0.15) is 5.69 Å². The number of nitrogens with zero attached hydrogens (tertiary/aromatic N) is 2. The number of aryl methyl sites for hydroxylation is 1. The summed E-state index contributed by atoms with van der Waals surface area (Å²) in [5.41, 5.74) is 0.740. The highest BCUT2D eigenvalue weighted by molar-refractivity contribution is 9.10. The first-order valence-electron chi connectivity index (χ1n) is 4.71. The Morgan fingerprint density at radius 3 is 2.71 bits per heavy atom. The Morgan fingerprint density at radius 2 is 2.21 bits per heavy atom. The van der Waals surface area contributed by atoms with Crippen LogP contribution in [0.3, 0.4) is 0 Å². The van der Waals surface area contributed by atoms with Gasteiger partial charge in [-0.15, -0.1) is 0 Å². The van der Waals surface area contributed by atoms with E-state index in [0.29, 0.717) is 0 Å². The van der Waals surface area contributed by atoms with Crippen molar-refractivity contribution in [3.05, 3.63) is 22.4 Å². The molecule has 0 saturated heterocycles. The molecule has 1 amide bonds. The van der Waals surface area contributed by atoms with Crippen molar-refractivity contribution in [2.75, 3.05) is 13.6 Å². The van der Waals surface area contributed by atoms with Crippen molar-refractivity contribution < 1.29 is 4.79 Å². The molecule has 0 N–H and O–H groups in total. The molecular formula is C10H15BrN2O. The fourth-order valence-corrected chi connectivity index (χ4v) is 1.72. The van der Waals surface area contributed by atoms with E-state index < -0.39 is 0 Å². The van der Waals surface area contributed by atoms with E-state index in [2.05, 4.69) is 15.9 Å². The summed E-state index contributed by atoms with van der Waals surface area (Å²) in [6.45, 7) is 5.52. The molecule has 0 atom stereocenters. The molecule has 1 aromatic rings. The van der Waals surface area contributed by atoms with Crippen LogP contribution in [0, 0.1) is 0 Å². The van der Waals surface area contributed by atoms with Crippen molar-refractivity contribution in [2.45, 2.75) is 20.4 Å². The summed E-state index contributed by atoms with van der Waals surface area (Å²) >= 11 is 3.37. The SMILES string of the molecule is CCN(C)C(=O)c1cc(Br)cn1CC. The van der Waals surface area contributed by atoms with E-state index >= 15 is 0 Å². The predicted molar refractivity (Wildman–Crippen MR) is 60.4 cm³/mol. The van der Waals surface area contributed by atoms with Gasteiger partial charge >= 0.3 is 0 Å². The predicted octanol–water partition coefficient (Wildman–Crippen LogP) is 2.36.